The minimum Gasteiger partial charge on any atom is -0.379 e. The van der Waals surface area contributed by atoms with Crippen LogP contribution in [0.2, 0.25) is 0 Å². The lowest BCUT2D eigenvalue weighted by Crippen LogP contribution is -2.53. The van der Waals surface area contributed by atoms with E-state index in [2.05, 4.69) is 55.1 Å². The number of aliphatic imine (C=N–C) groups is 1. The Morgan fingerprint density at radius 3 is 2.62 bits per heavy atom. The Bertz CT molecular complexity index is 1620. The molecular weight excluding hydrogens is 593 g/mol. The van der Waals surface area contributed by atoms with Gasteiger partial charge in [-0.25, -0.2) is 14.4 Å². The van der Waals surface area contributed by atoms with Gasteiger partial charge in [-0.15, -0.1) is 0 Å². The second-order valence-electron chi connectivity index (χ2n) is 14.6. The first kappa shape index (κ1) is 33.6. The molecule has 3 aliphatic rings. The number of piperazine rings is 1. The van der Waals surface area contributed by atoms with Crippen molar-refractivity contribution in [2.24, 2.45) is 22.2 Å². The predicted octanol–water partition coefficient (Wildman–Crippen LogP) is 5.13. The third-order valence-corrected chi connectivity index (χ3v) is 11.0. The van der Waals surface area contributed by atoms with Gasteiger partial charge >= 0.3 is 0 Å². The number of nitrogens with zero attached hydrogens (tertiary/aromatic N) is 5. The van der Waals surface area contributed by atoms with Crippen LogP contribution in [-0.2, 0) is 24.2 Å². The molecular formula is C37H52FN7O2. The number of hydrogen-bond donors (Lipinski definition) is 2. The number of halogens is 1. The highest BCUT2D eigenvalue weighted by atomic mass is 19.1. The Morgan fingerprint density at radius 2 is 1.87 bits per heavy atom. The summed E-state index contributed by atoms with van der Waals surface area (Å²) in [6.45, 7) is 18.4. The van der Waals surface area contributed by atoms with Gasteiger partial charge in [0, 0.05) is 51.0 Å². The fraction of sp³-hybridized carbons (Fsp3) is 0.595. The average Bonchev–Trinajstić information content (AvgIpc) is 3.06. The monoisotopic (exact) mass is 645 g/mol. The summed E-state index contributed by atoms with van der Waals surface area (Å²) in [7, 11) is 0. The normalized spacial score (nSPS) is 25.7. The van der Waals surface area contributed by atoms with E-state index >= 15 is 0 Å². The minimum atomic E-state index is -0.262. The van der Waals surface area contributed by atoms with Gasteiger partial charge in [0.1, 0.15) is 11.6 Å². The Kier molecular flexibility index (Phi) is 10.3. The van der Waals surface area contributed by atoms with E-state index in [1.807, 2.05) is 18.2 Å². The predicted molar refractivity (Wildman–Crippen MR) is 187 cm³/mol. The number of benzene rings is 2. The SMILES string of the molecule is CC1CN(C(=NC2CCC(C)(C)[C@@H](C)C2C)Nc2ccc3c(=O)n(CCc4ccc(F)cc4)c(CN4CCOCC4)nc3c2)CCN1. The molecule has 2 N–H and O–H groups in total. The first-order valence-electron chi connectivity index (χ1n) is 17.5. The molecule has 47 heavy (non-hydrogen) atoms. The second-order valence-corrected chi connectivity index (χ2v) is 14.6. The van der Waals surface area contributed by atoms with Crippen LogP contribution < -0.4 is 16.2 Å². The van der Waals surface area contributed by atoms with Crippen LogP contribution in [0.25, 0.3) is 10.9 Å². The van der Waals surface area contributed by atoms with Crippen LogP contribution in [0.4, 0.5) is 10.1 Å². The highest BCUT2D eigenvalue weighted by molar-refractivity contribution is 5.96. The summed E-state index contributed by atoms with van der Waals surface area (Å²) < 4.78 is 20.9. The van der Waals surface area contributed by atoms with Gasteiger partial charge in [0.25, 0.3) is 5.56 Å². The van der Waals surface area contributed by atoms with Crippen molar-refractivity contribution >= 4 is 22.5 Å². The summed E-state index contributed by atoms with van der Waals surface area (Å²) in [5.41, 5.74) is 2.81. The molecule has 0 bridgehead atoms. The molecule has 0 radical (unpaired) electrons. The minimum absolute atomic E-state index is 0.0515. The number of hydrogen-bond acceptors (Lipinski definition) is 6. The van der Waals surface area contributed by atoms with Crippen molar-refractivity contribution in [2.75, 3.05) is 51.3 Å². The lowest BCUT2D eigenvalue weighted by molar-refractivity contribution is 0.0324. The summed E-state index contributed by atoms with van der Waals surface area (Å²) in [4.78, 5) is 29.2. The number of aryl methyl sites for hydroxylation is 1. The molecule has 0 amide bonds. The lowest BCUT2D eigenvalue weighted by Gasteiger charge is -2.44. The van der Waals surface area contributed by atoms with Gasteiger partial charge in [0.05, 0.1) is 36.7 Å². The third-order valence-electron chi connectivity index (χ3n) is 11.0. The van der Waals surface area contributed by atoms with E-state index in [1.54, 1.807) is 16.7 Å². The highest BCUT2D eigenvalue weighted by Gasteiger charge is 2.39. The summed E-state index contributed by atoms with van der Waals surface area (Å²) >= 11 is 0. The maximum Gasteiger partial charge on any atom is 0.261 e. The van der Waals surface area contributed by atoms with Gasteiger partial charge in [-0.05, 0) is 79.3 Å². The molecule has 2 aliphatic heterocycles. The van der Waals surface area contributed by atoms with E-state index in [-0.39, 0.29) is 17.4 Å². The zero-order valence-corrected chi connectivity index (χ0v) is 28.8. The van der Waals surface area contributed by atoms with Crippen LogP contribution >= 0.6 is 0 Å². The second kappa shape index (κ2) is 14.4. The fourth-order valence-electron chi connectivity index (χ4n) is 7.39. The van der Waals surface area contributed by atoms with Gasteiger partial charge in [-0.2, -0.15) is 0 Å². The molecule has 3 unspecified atom stereocenters. The number of fused-ring (bicyclic) bond motifs is 1. The molecule has 2 saturated heterocycles. The molecule has 254 valence electrons. The molecule has 0 spiro atoms. The Morgan fingerprint density at radius 1 is 1.11 bits per heavy atom. The first-order valence-corrected chi connectivity index (χ1v) is 17.5. The number of morpholine rings is 1. The smallest absolute Gasteiger partial charge is 0.261 e. The standard InChI is InChI=1S/C37H52FN7O2/c1-25-23-44(17-15-39-25)36(42-32-12-14-37(4,5)27(3)26(32)2)40-30-10-11-31-33(22-30)41-34(24-43-18-20-47-21-19-43)45(35(31)46)16-13-28-6-8-29(38)9-7-28/h6-11,22,25-27,32,39H,12-21,23-24H2,1-5H3,(H,40,42)/t25?,26?,27-,32?/m0/s1. The molecule has 10 heteroatoms. The van der Waals surface area contributed by atoms with Gasteiger partial charge in [-0.1, -0.05) is 39.8 Å². The summed E-state index contributed by atoms with van der Waals surface area (Å²) in [6, 6.07) is 13.0. The third kappa shape index (κ3) is 7.87. The van der Waals surface area contributed by atoms with Crippen LogP contribution in [0.1, 0.15) is 58.8 Å². The van der Waals surface area contributed by atoms with Crippen LogP contribution in [-0.4, -0.2) is 83.3 Å². The summed E-state index contributed by atoms with van der Waals surface area (Å²) in [5, 5.41) is 7.84. The molecule has 2 aromatic carbocycles. The van der Waals surface area contributed by atoms with Crippen molar-refractivity contribution in [3.05, 3.63) is 70.0 Å². The summed E-state index contributed by atoms with van der Waals surface area (Å²) in [5.74, 6) is 2.43. The zero-order chi connectivity index (χ0) is 33.1. The van der Waals surface area contributed by atoms with Crippen molar-refractivity contribution < 1.29 is 9.13 Å². The molecule has 3 fully saturated rings. The summed E-state index contributed by atoms with van der Waals surface area (Å²) in [6.07, 6.45) is 2.85. The Balaban J connectivity index is 1.32. The fourth-order valence-corrected chi connectivity index (χ4v) is 7.39. The van der Waals surface area contributed by atoms with Crippen molar-refractivity contribution in [1.82, 2.24) is 24.7 Å². The van der Waals surface area contributed by atoms with E-state index in [0.717, 1.165) is 68.6 Å². The zero-order valence-electron chi connectivity index (χ0n) is 28.8. The maximum absolute atomic E-state index is 14.0. The van der Waals surface area contributed by atoms with Crippen molar-refractivity contribution in [3.63, 3.8) is 0 Å². The molecule has 1 aliphatic carbocycles. The van der Waals surface area contributed by atoms with E-state index in [0.29, 0.717) is 66.9 Å². The van der Waals surface area contributed by atoms with Gasteiger partial charge in [0.2, 0.25) is 0 Å². The van der Waals surface area contributed by atoms with Crippen LogP contribution in [0.3, 0.4) is 0 Å². The van der Waals surface area contributed by atoms with E-state index in [9.17, 15) is 9.18 Å². The lowest BCUT2D eigenvalue weighted by atomic mass is 9.63. The van der Waals surface area contributed by atoms with Crippen molar-refractivity contribution in [3.8, 4) is 0 Å². The van der Waals surface area contributed by atoms with Crippen LogP contribution in [0, 0.1) is 23.1 Å². The Hall–Kier alpha value is -3.34. The molecule has 1 aromatic heterocycles. The number of aromatic nitrogens is 2. The molecule has 3 aromatic rings. The number of rotatable bonds is 7. The number of guanidine groups is 1. The molecule has 1 saturated carbocycles. The van der Waals surface area contributed by atoms with Crippen LogP contribution in [0.15, 0.2) is 52.3 Å². The van der Waals surface area contributed by atoms with Crippen LogP contribution in [0.5, 0.6) is 0 Å². The van der Waals surface area contributed by atoms with Crippen molar-refractivity contribution in [2.45, 2.75) is 79.1 Å². The van der Waals surface area contributed by atoms with Crippen molar-refractivity contribution in [1.29, 1.82) is 0 Å². The van der Waals surface area contributed by atoms with Gasteiger partial charge < -0.3 is 20.3 Å². The highest BCUT2D eigenvalue weighted by Crippen LogP contribution is 2.44. The first-order chi connectivity index (χ1) is 22.6. The number of ether oxygens (including phenoxy) is 1. The Labute approximate surface area is 278 Å². The van der Waals surface area contributed by atoms with Gasteiger partial charge in [0.15, 0.2) is 5.96 Å². The largest absolute Gasteiger partial charge is 0.379 e. The molecule has 6 rings (SSSR count). The van der Waals surface area contributed by atoms with E-state index in [4.69, 9.17) is 14.7 Å². The molecule has 9 nitrogen and oxygen atoms in total. The average molecular weight is 646 g/mol. The number of nitrogens with one attached hydrogen (secondary N) is 2. The van der Waals surface area contributed by atoms with E-state index < -0.39 is 0 Å². The van der Waals surface area contributed by atoms with Gasteiger partial charge in [-0.3, -0.25) is 14.3 Å². The molecule has 4 atom stereocenters. The van der Waals surface area contributed by atoms with E-state index in [1.165, 1.54) is 12.1 Å². The quantitative estimate of drug-likeness (QED) is 0.272. The number of anilines is 1. The topological polar surface area (TPSA) is 87.0 Å². The maximum atomic E-state index is 14.0. The molecule has 3 heterocycles.